The lowest BCUT2D eigenvalue weighted by Crippen LogP contribution is -2.41. The number of hydrogen-bond acceptors (Lipinski definition) is 4. The van der Waals surface area contributed by atoms with Gasteiger partial charge in [0.25, 0.3) is 10.0 Å². The van der Waals surface area contributed by atoms with E-state index in [1.165, 1.54) is 11.7 Å². The summed E-state index contributed by atoms with van der Waals surface area (Å²) in [6, 6.07) is 7.46. The number of aromatic nitrogens is 3. The maximum Gasteiger partial charge on any atom is 0.261 e. The van der Waals surface area contributed by atoms with Gasteiger partial charge in [0.05, 0.1) is 5.54 Å². The van der Waals surface area contributed by atoms with Gasteiger partial charge in [-0.25, -0.2) is 13.1 Å². The molecule has 0 saturated heterocycles. The number of halogens is 2. The van der Waals surface area contributed by atoms with Crippen LogP contribution in [0.15, 0.2) is 38.4 Å². The van der Waals surface area contributed by atoms with Gasteiger partial charge in [-0.2, -0.15) is 4.72 Å². The van der Waals surface area contributed by atoms with Crippen molar-refractivity contribution in [3.8, 4) is 0 Å². The summed E-state index contributed by atoms with van der Waals surface area (Å²) in [5.41, 5.74) is 0.0731. The molecule has 0 aliphatic rings. The normalized spacial score (nSPS) is 12.6. The van der Waals surface area contributed by atoms with E-state index >= 15 is 0 Å². The number of nitrogens with zero attached hydrogens (tertiary/aromatic N) is 3. The molecule has 1 aromatic carbocycles. The summed E-state index contributed by atoms with van der Waals surface area (Å²) in [5.74, 6) is 0. The van der Waals surface area contributed by atoms with E-state index in [0.29, 0.717) is 0 Å². The Labute approximate surface area is 140 Å². The predicted octanol–water partition coefficient (Wildman–Crippen LogP) is 2.55. The summed E-state index contributed by atoms with van der Waals surface area (Å²) in [5, 5.41) is 7.39. The highest BCUT2D eigenvalue weighted by Crippen LogP contribution is 2.26. The average molecular weight is 438 g/mol. The molecule has 0 spiro atoms. The molecule has 0 aliphatic heterocycles. The van der Waals surface area contributed by atoms with Crippen LogP contribution in [0.3, 0.4) is 0 Å². The Morgan fingerprint density at radius 2 is 1.76 bits per heavy atom. The molecule has 0 unspecified atom stereocenters. The summed E-state index contributed by atoms with van der Waals surface area (Å²) >= 11 is 6.47. The number of rotatable bonds is 4. The highest BCUT2D eigenvalue weighted by Gasteiger charge is 2.32. The molecule has 0 amide bonds. The largest absolute Gasteiger partial charge is 0.261 e. The Hall–Kier alpha value is -0.770. The summed E-state index contributed by atoms with van der Waals surface area (Å²) in [7, 11) is -2.24. The van der Waals surface area contributed by atoms with E-state index in [9.17, 15) is 8.42 Å². The molecule has 0 atom stereocenters. The molecule has 0 radical (unpaired) electrons. The fourth-order valence-corrected chi connectivity index (χ4v) is 4.68. The standard InChI is InChI=1S/C12H14Br2N4O2S/c1-12(2,8-4-6-9(13)7-5-8)16-21(19,20)11-10(14)15-17-18(11)3/h4-7,16H,1-3H3. The first-order valence-corrected chi connectivity index (χ1v) is 9.05. The summed E-state index contributed by atoms with van der Waals surface area (Å²) in [6.45, 7) is 3.59. The Bertz CT molecular complexity index is 735. The van der Waals surface area contributed by atoms with Crippen molar-refractivity contribution in [1.82, 2.24) is 19.7 Å². The molecule has 114 valence electrons. The third kappa shape index (κ3) is 3.53. The Morgan fingerprint density at radius 1 is 1.19 bits per heavy atom. The minimum Gasteiger partial charge on any atom is -0.235 e. The summed E-state index contributed by atoms with van der Waals surface area (Å²) < 4.78 is 30.1. The van der Waals surface area contributed by atoms with Gasteiger partial charge < -0.3 is 0 Å². The highest BCUT2D eigenvalue weighted by atomic mass is 79.9. The highest BCUT2D eigenvalue weighted by molar-refractivity contribution is 9.10. The topological polar surface area (TPSA) is 76.9 Å². The molecule has 21 heavy (non-hydrogen) atoms. The lowest BCUT2D eigenvalue weighted by molar-refractivity contribution is 0.466. The second kappa shape index (κ2) is 5.79. The molecule has 0 bridgehead atoms. The minimum atomic E-state index is -3.76. The fraction of sp³-hybridized carbons (Fsp3) is 0.333. The Morgan fingerprint density at radius 3 is 2.24 bits per heavy atom. The van der Waals surface area contributed by atoms with Crippen LogP contribution < -0.4 is 4.72 Å². The molecule has 2 rings (SSSR count). The van der Waals surface area contributed by atoms with Crippen LogP contribution in [0.4, 0.5) is 0 Å². The van der Waals surface area contributed by atoms with E-state index in [-0.39, 0.29) is 9.63 Å². The number of sulfonamides is 1. The zero-order valence-electron chi connectivity index (χ0n) is 11.6. The van der Waals surface area contributed by atoms with Gasteiger partial charge >= 0.3 is 0 Å². The van der Waals surface area contributed by atoms with E-state index in [0.717, 1.165) is 10.0 Å². The van der Waals surface area contributed by atoms with E-state index in [1.54, 1.807) is 13.8 Å². The first-order chi connectivity index (χ1) is 9.63. The molecule has 0 aliphatic carbocycles. The first-order valence-electron chi connectivity index (χ1n) is 5.99. The van der Waals surface area contributed by atoms with Crippen molar-refractivity contribution in [1.29, 1.82) is 0 Å². The van der Waals surface area contributed by atoms with Crippen LogP contribution in [0.1, 0.15) is 19.4 Å². The maximum absolute atomic E-state index is 12.5. The number of nitrogens with one attached hydrogen (secondary N) is 1. The molecule has 0 saturated carbocycles. The molecule has 9 heteroatoms. The lowest BCUT2D eigenvalue weighted by Gasteiger charge is -2.26. The molecule has 1 heterocycles. The summed E-state index contributed by atoms with van der Waals surface area (Å²) in [4.78, 5) is 0. The summed E-state index contributed by atoms with van der Waals surface area (Å²) in [6.07, 6.45) is 0. The van der Waals surface area contributed by atoms with Crippen molar-refractivity contribution >= 4 is 41.9 Å². The maximum atomic E-state index is 12.5. The van der Waals surface area contributed by atoms with Crippen molar-refractivity contribution in [3.05, 3.63) is 38.9 Å². The Kier molecular flexibility index (Phi) is 4.57. The van der Waals surface area contributed by atoms with E-state index in [1.807, 2.05) is 24.3 Å². The van der Waals surface area contributed by atoms with Crippen molar-refractivity contribution in [2.75, 3.05) is 0 Å². The second-order valence-electron chi connectivity index (χ2n) is 5.05. The quantitative estimate of drug-likeness (QED) is 0.797. The van der Waals surface area contributed by atoms with Gasteiger partial charge in [-0.15, -0.1) is 5.10 Å². The minimum absolute atomic E-state index is 0.00677. The van der Waals surface area contributed by atoms with Crippen LogP contribution in [0.25, 0.3) is 0 Å². The third-order valence-electron chi connectivity index (χ3n) is 2.95. The molecular formula is C12H14Br2N4O2S. The number of hydrogen-bond donors (Lipinski definition) is 1. The zero-order chi connectivity index (χ0) is 15.8. The number of aryl methyl sites for hydroxylation is 1. The van der Waals surface area contributed by atoms with Crippen molar-refractivity contribution < 1.29 is 8.42 Å². The molecule has 1 aromatic heterocycles. The monoisotopic (exact) mass is 436 g/mol. The van der Waals surface area contributed by atoms with Gasteiger partial charge in [-0.05, 0) is 47.5 Å². The molecule has 1 N–H and O–H groups in total. The molecule has 0 fully saturated rings. The van der Waals surface area contributed by atoms with Gasteiger partial charge in [0.2, 0.25) is 5.03 Å². The first kappa shape index (κ1) is 16.6. The molecule has 6 nitrogen and oxygen atoms in total. The molecule has 2 aromatic rings. The zero-order valence-corrected chi connectivity index (χ0v) is 15.6. The van der Waals surface area contributed by atoms with Crippen molar-refractivity contribution in [3.63, 3.8) is 0 Å². The molecular weight excluding hydrogens is 424 g/mol. The Balaban J connectivity index is 2.37. The van der Waals surface area contributed by atoms with Gasteiger partial charge in [0.1, 0.15) is 0 Å². The van der Waals surface area contributed by atoms with E-state index < -0.39 is 15.6 Å². The smallest absolute Gasteiger partial charge is 0.235 e. The fourth-order valence-electron chi connectivity index (χ4n) is 1.92. The van der Waals surface area contributed by atoms with Crippen LogP contribution in [0, 0.1) is 0 Å². The van der Waals surface area contributed by atoms with E-state index in [2.05, 4.69) is 46.9 Å². The van der Waals surface area contributed by atoms with Gasteiger partial charge in [-0.1, -0.05) is 33.3 Å². The third-order valence-corrected chi connectivity index (χ3v) is 6.02. The number of benzene rings is 1. The predicted molar refractivity (Wildman–Crippen MR) is 86.2 cm³/mol. The van der Waals surface area contributed by atoms with Crippen LogP contribution in [-0.4, -0.2) is 23.4 Å². The lowest BCUT2D eigenvalue weighted by atomic mass is 9.96. The van der Waals surface area contributed by atoms with Crippen LogP contribution in [0.2, 0.25) is 0 Å². The van der Waals surface area contributed by atoms with E-state index in [4.69, 9.17) is 0 Å². The van der Waals surface area contributed by atoms with Gasteiger partial charge in [0.15, 0.2) is 4.60 Å². The van der Waals surface area contributed by atoms with Crippen LogP contribution in [-0.2, 0) is 22.6 Å². The van der Waals surface area contributed by atoms with Gasteiger partial charge in [0, 0.05) is 11.5 Å². The second-order valence-corrected chi connectivity index (χ2v) is 8.31. The van der Waals surface area contributed by atoms with Gasteiger partial charge in [-0.3, -0.25) is 0 Å². The van der Waals surface area contributed by atoms with Crippen molar-refractivity contribution in [2.24, 2.45) is 7.05 Å². The average Bonchev–Trinajstić information content (AvgIpc) is 2.68. The van der Waals surface area contributed by atoms with Crippen LogP contribution >= 0.6 is 31.9 Å². The van der Waals surface area contributed by atoms with Crippen molar-refractivity contribution in [2.45, 2.75) is 24.4 Å². The SMILES string of the molecule is Cn1nnc(Br)c1S(=O)(=O)NC(C)(C)c1ccc(Br)cc1. The van der Waals surface area contributed by atoms with Crippen LogP contribution in [0.5, 0.6) is 0 Å².